The number of benzene rings is 3. The van der Waals surface area contributed by atoms with E-state index in [1.165, 1.54) is 12.1 Å². The van der Waals surface area contributed by atoms with Gasteiger partial charge in [-0.05, 0) is 12.1 Å². The molecule has 0 aliphatic carbocycles. The summed E-state index contributed by atoms with van der Waals surface area (Å²) in [6, 6.07) is 25.2. The lowest BCUT2D eigenvalue weighted by Gasteiger charge is -2.07. The molecule has 0 unspecified atom stereocenters. The molecule has 0 aliphatic heterocycles. The van der Waals surface area contributed by atoms with Crippen molar-refractivity contribution in [2.75, 3.05) is 11.5 Å². The highest BCUT2D eigenvalue weighted by Crippen LogP contribution is 2.33. The normalized spacial score (nSPS) is 10.8. The smallest absolute Gasteiger partial charge is 0.394 e. The molecule has 8 heteroatoms. The van der Waals surface area contributed by atoms with Gasteiger partial charge in [0.05, 0.1) is 5.56 Å². The molecule has 0 radical (unpaired) electrons. The number of hydrogen-bond acceptors (Lipinski definition) is 4. The van der Waals surface area contributed by atoms with Crippen molar-refractivity contribution < 1.29 is 13.2 Å². The predicted molar refractivity (Wildman–Crippen MR) is 117 cm³/mol. The Bertz CT molecular complexity index is 1110. The summed E-state index contributed by atoms with van der Waals surface area (Å²) in [4.78, 5) is 0. The molecule has 0 atom stereocenters. The first-order valence-electron chi connectivity index (χ1n) is 9.25. The number of halogens is 3. The van der Waals surface area contributed by atoms with E-state index in [-0.39, 0.29) is 23.0 Å². The minimum Gasteiger partial charge on any atom is -0.394 e. The highest BCUT2D eigenvalue weighted by Gasteiger charge is 2.30. The molecule has 5 nitrogen and oxygen atoms in total. The molecule has 4 rings (SSSR count). The number of nitrogens with one attached hydrogen (secondary N) is 1. The van der Waals surface area contributed by atoms with Gasteiger partial charge in [-0.15, -0.1) is 0 Å². The fourth-order valence-electron chi connectivity index (χ4n) is 2.75. The van der Waals surface area contributed by atoms with Gasteiger partial charge in [0.15, 0.2) is 11.7 Å². The second kappa shape index (κ2) is 9.17. The Hall–Kier alpha value is -4.07. The first kappa shape index (κ1) is 21.6. The van der Waals surface area contributed by atoms with Gasteiger partial charge in [-0.3, -0.25) is 5.41 Å². The first-order chi connectivity index (χ1) is 14.8. The van der Waals surface area contributed by atoms with Crippen molar-refractivity contribution in [3.8, 4) is 11.3 Å². The average molecular weight is 423 g/mol. The van der Waals surface area contributed by atoms with Crippen molar-refractivity contribution >= 4 is 17.3 Å². The van der Waals surface area contributed by atoms with Gasteiger partial charge < -0.3 is 11.5 Å². The van der Waals surface area contributed by atoms with Crippen LogP contribution in [0.25, 0.3) is 11.3 Å². The van der Waals surface area contributed by atoms with Gasteiger partial charge >= 0.3 is 6.18 Å². The fraction of sp³-hybridized carbons (Fsp3) is 0.0435. The Morgan fingerprint density at radius 2 is 1.26 bits per heavy atom. The largest absolute Gasteiger partial charge is 0.416 e. The molecule has 158 valence electrons. The third-order valence-electron chi connectivity index (χ3n) is 4.37. The molecule has 0 amide bonds. The molecule has 0 spiro atoms. The summed E-state index contributed by atoms with van der Waals surface area (Å²) in [5, 5.41) is 12.4. The van der Waals surface area contributed by atoms with Gasteiger partial charge in [0.2, 0.25) is 0 Å². The van der Waals surface area contributed by atoms with Crippen LogP contribution in [0.15, 0.2) is 91.0 Å². The highest BCUT2D eigenvalue weighted by molar-refractivity contribution is 6.01. The number of hydrogen-bond donors (Lipinski definition) is 3. The van der Waals surface area contributed by atoms with Crippen LogP contribution in [0.4, 0.5) is 24.7 Å². The standard InChI is InChI=1S/C17H14F3N5.C6H6/c18-17(19,20)12-8-6-10(7-9-12)14-13(21)16(23)25(24-14)15(22)11-4-2-1-3-5-11;1-2-4-6-5-3-1/h1-9,22H,21,23H2;1-6H. The van der Waals surface area contributed by atoms with Crippen LogP contribution < -0.4 is 11.5 Å². The van der Waals surface area contributed by atoms with Crippen molar-refractivity contribution in [2.24, 2.45) is 0 Å². The lowest BCUT2D eigenvalue weighted by atomic mass is 10.1. The molecular weight excluding hydrogens is 403 g/mol. The van der Waals surface area contributed by atoms with E-state index in [9.17, 15) is 13.2 Å². The zero-order valence-corrected chi connectivity index (χ0v) is 16.3. The summed E-state index contributed by atoms with van der Waals surface area (Å²) in [5.41, 5.74) is 12.4. The van der Waals surface area contributed by atoms with Gasteiger partial charge in [-0.2, -0.15) is 23.0 Å². The molecule has 0 saturated heterocycles. The van der Waals surface area contributed by atoms with Gasteiger partial charge in [-0.1, -0.05) is 78.9 Å². The van der Waals surface area contributed by atoms with Crippen LogP contribution in [0.1, 0.15) is 11.1 Å². The number of aromatic nitrogens is 2. The van der Waals surface area contributed by atoms with Crippen molar-refractivity contribution in [3.05, 3.63) is 102 Å². The van der Waals surface area contributed by atoms with Crippen LogP contribution in [-0.2, 0) is 6.18 Å². The van der Waals surface area contributed by atoms with Gasteiger partial charge in [0.1, 0.15) is 11.4 Å². The summed E-state index contributed by atoms with van der Waals surface area (Å²) in [5.74, 6) is 0.0757. The third kappa shape index (κ3) is 5.11. The second-order valence-corrected chi connectivity index (χ2v) is 6.50. The summed E-state index contributed by atoms with van der Waals surface area (Å²) in [6.45, 7) is 0. The maximum absolute atomic E-state index is 12.7. The molecule has 0 saturated carbocycles. The molecule has 0 bridgehead atoms. The summed E-state index contributed by atoms with van der Waals surface area (Å²) < 4.78 is 39.2. The number of alkyl halides is 3. The second-order valence-electron chi connectivity index (χ2n) is 6.50. The van der Waals surface area contributed by atoms with Crippen LogP contribution in [0.5, 0.6) is 0 Å². The van der Waals surface area contributed by atoms with Gasteiger partial charge in [0.25, 0.3) is 0 Å². The maximum atomic E-state index is 12.7. The van der Waals surface area contributed by atoms with Crippen molar-refractivity contribution in [3.63, 3.8) is 0 Å². The van der Waals surface area contributed by atoms with Crippen molar-refractivity contribution in [1.82, 2.24) is 9.78 Å². The lowest BCUT2D eigenvalue weighted by molar-refractivity contribution is -0.137. The number of rotatable bonds is 2. The molecule has 0 fully saturated rings. The topological polar surface area (TPSA) is 93.7 Å². The van der Waals surface area contributed by atoms with E-state index >= 15 is 0 Å². The van der Waals surface area contributed by atoms with Crippen LogP contribution in [0, 0.1) is 5.41 Å². The number of nitrogens with zero attached hydrogens (tertiary/aromatic N) is 2. The molecule has 0 aliphatic rings. The minimum atomic E-state index is -4.42. The van der Waals surface area contributed by atoms with Gasteiger partial charge in [0, 0.05) is 11.1 Å². The van der Waals surface area contributed by atoms with E-state index in [1.54, 1.807) is 24.3 Å². The van der Waals surface area contributed by atoms with Crippen LogP contribution in [-0.4, -0.2) is 15.6 Å². The Morgan fingerprint density at radius 1 is 0.774 bits per heavy atom. The molecule has 31 heavy (non-hydrogen) atoms. The molecule has 1 aromatic heterocycles. The fourth-order valence-corrected chi connectivity index (χ4v) is 2.75. The Labute approximate surface area is 177 Å². The molecule has 3 aromatic carbocycles. The monoisotopic (exact) mass is 423 g/mol. The predicted octanol–water partition coefficient (Wildman–Crippen LogP) is 5.29. The van der Waals surface area contributed by atoms with E-state index in [0.29, 0.717) is 11.1 Å². The molecule has 5 N–H and O–H groups in total. The Kier molecular flexibility index (Phi) is 6.40. The summed E-state index contributed by atoms with van der Waals surface area (Å²) >= 11 is 0. The average Bonchev–Trinajstić information content (AvgIpc) is 3.09. The SMILES string of the molecule is N=C(c1ccccc1)n1nc(-c2ccc(C(F)(F)F)cc2)c(N)c1N.c1ccccc1. The highest BCUT2D eigenvalue weighted by atomic mass is 19.4. The lowest BCUT2D eigenvalue weighted by Crippen LogP contribution is -2.16. The Balaban J connectivity index is 0.000000391. The molecule has 4 aromatic rings. The van der Waals surface area contributed by atoms with Gasteiger partial charge in [-0.25, -0.2) is 0 Å². The summed E-state index contributed by atoms with van der Waals surface area (Å²) in [7, 11) is 0. The maximum Gasteiger partial charge on any atom is 0.416 e. The van der Waals surface area contributed by atoms with E-state index in [0.717, 1.165) is 16.8 Å². The minimum absolute atomic E-state index is 0.0166. The number of anilines is 2. The Morgan fingerprint density at radius 3 is 1.74 bits per heavy atom. The van der Waals surface area contributed by atoms with Crippen LogP contribution >= 0.6 is 0 Å². The van der Waals surface area contributed by atoms with E-state index in [4.69, 9.17) is 16.9 Å². The zero-order chi connectivity index (χ0) is 22.4. The first-order valence-corrected chi connectivity index (χ1v) is 9.25. The third-order valence-corrected chi connectivity index (χ3v) is 4.37. The summed E-state index contributed by atoms with van der Waals surface area (Å²) in [6.07, 6.45) is -4.42. The van der Waals surface area contributed by atoms with E-state index in [1.807, 2.05) is 42.5 Å². The van der Waals surface area contributed by atoms with E-state index < -0.39 is 11.7 Å². The molecule has 1 heterocycles. The number of nitrogens with two attached hydrogens (primary N) is 2. The van der Waals surface area contributed by atoms with E-state index in [2.05, 4.69) is 5.10 Å². The van der Waals surface area contributed by atoms with Crippen LogP contribution in [0.3, 0.4) is 0 Å². The van der Waals surface area contributed by atoms with Crippen molar-refractivity contribution in [2.45, 2.75) is 6.18 Å². The molecular formula is C23H20F3N5. The van der Waals surface area contributed by atoms with Crippen LogP contribution in [0.2, 0.25) is 0 Å². The number of nitrogen functional groups attached to an aromatic ring is 2. The van der Waals surface area contributed by atoms with Crippen molar-refractivity contribution in [1.29, 1.82) is 5.41 Å². The zero-order valence-electron chi connectivity index (χ0n) is 16.3. The quantitative estimate of drug-likeness (QED) is 0.302.